The highest BCUT2D eigenvalue weighted by Gasteiger charge is 2.42. The Labute approximate surface area is 141 Å². The largest absolute Gasteiger partial charge is 0.389 e. The first-order chi connectivity index (χ1) is 11.7. The second kappa shape index (κ2) is 4.94. The van der Waals surface area contributed by atoms with E-state index >= 15 is 0 Å². The molecule has 3 aliphatic rings. The van der Waals surface area contributed by atoms with E-state index < -0.39 is 0 Å². The van der Waals surface area contributed by atoms with Gasteiger partial charge in [0, 0.05) is 31.3 Å². The predicted molar refractivity (Wildman–Crippen MR) is 93.3 cm³/mol. The number of oxime groups is 1. The maximum Gasteiger partial charge on any atom is 0.159 e. The molecule has 0 atom stereocenters. The van der Waals surface area contributed by atoms with Gasteiger partial charge >= 0.3 is 0 Å². The molecular weight excluding hydrogens is 302 g/mol. The van der Waals surface area contributed by atoms with Gasteiger partial charge in [0.05, 0.1) is 22.5 Å². The van der Waals surface area contributed by atoms with Gasteiger partial charge in [0.1, 0.15) is 5.60 Å². The first kappa shape index (κ1) is 14.3. The Bertz CT molecular complexity index is 843. The van der Waals surface area contributed by atoms with Crippen LogP contribution in [0.2, 0.25) is 0 Å². The maximum absolute atomic E-state index is 5.90. The Hall–Kier alpha value is -2.11. The van der Waals surface area contributed by atoms with Crippen molar-refractivity contribution in [1.29, 1.82) is 0 Å². The van der Waals surface area contributed by atoms with Crippen LogP contribution in [0.3, 0.4) is 0 Å². The quantitative estimate of drug-likeness (QED) is 0.940. The van der Waals surface area contributed by atoms with Crippen molar-refractivity contribution in [3.05, 3.63) is 17.5 Å². The summed E-state index contributed by atoms with van der Waals surface area (Å²) in [5, 5.41) is 13.9. The average molecular weight is 325 g/mol. The number of hydrogen-bond donors (Lipinski definition) is 1. The molecule has 0 amide bonds. The third kappa shape index (κ3) is 2.12. The van der Waals surface area contributed by atoms with Crippen LogP contribution < -0.4 is 5.32 Å². The van der Waals surface area contributed by atoms with Crippen molar-refractivity contribution in [2.75, 3.05) is 5.32 Å². The van der Waals surface area contributed by atoms with Gasteiger partial charge in [-0.1, -0.05) is 5.16 Å². The summed E-state index contributed by atoms with van der Waals surface area (Å²) in [6.07, 6.45) is 10.0. The SMILES string of the molecule is Cc1nn(C)c2ncc(C3=NOC4(CCCC4)C3)c(NC3CC3)c12. The van der Waals surface area contributed by atoms with E-state index in [0.717, 1.165) is 53.0 Å². The second-order valence-corrected chi connectivity index (χ2v) is 7.57. The van der Waals surface area contributed by atoms with Gasteiger partial charge in [-0.3, -0.25) is 4.68 Å². The molecule has 2 saturated carbocycles. The van der Waals surface area contributed by atoms with Gasteiger partial charge in [-0.2, -0.15) is 5.10 Å². The monoisotopic (exact) mass is 325 g/mol. The van der Waals surface area contributed by atoms with Gasteiger partial charge in [-0.25, -0.2) is 4.98 Å². The molecule has 6 nitrogen and oxygen atoms in total. The summed E-state index contributed by atoms with van der Waals surface area (Å²) in [7, 11) is 1.95. The molecule has 126 valence electrons. The summed E-state index contributed by atoms with van der Waals surface area (Å²) < 4.78 is 1.86. The van der Waals surface area contributed by atoms with Gasteiger partial charge in [-0.05, 0) is 45.4 Å². The van der Waals surface area contributed by atoms with Crippen LogP contribution in [0.5, 0.6) is 0 Å². The number of aromatic nitrogens is 3. The van der Waals surface area contributed by atoms with Gasteiger partial charge < -0.3 is 10.2 Å². The van der Waals surface area contributed by atoms with E-state index in [9.17, 15) is 0 Å². The van der Waals surface area contributed by atoms with Crippen molar-refractivity contribution >= 4 is 22.4 Å². The van der Waals surface area contributed by atoms with Crippen LogP contribution in [0.25, 0.3) is 11.0 Å². The van der Waals surface area contributed by atoms with Crippen molar-refractivity contribution in [3.8, 4) is 0 Å². The standard InChI is InChI=1S/C18H23N5O/c1-11-15-16(20-12-5-6-12)13(10-19-17(15)23(2)21-11)14-9-18(24-22-14)7-3-4-8-18/h10,12H,3-9H2,1-2H3,(H,19,20). The lowest BCUT2D eigenvalue weighted by molar-refractivity contribution is -0.0126. The number of fused-ring (bicyclic) bond motifs is 1. The molecule has 0 unspecified atom stereocenters. The molecule has 2 aliphatic carbocycles. The van der Waals surface area contributed by atoms with Crippen LogP contribution in [-0.4, -0.2) is 32.1 Å². The van der Waals surface area contributed by atoms with Crippen LogP contribution in [0.4, 0.5) is 5.69 Å². The molecule has 2 aromatic rings. The summed E-state index contributed by atoms with van der Waals surface area (Å²) in [6, 6.07) is 0.567. The molecule has 0 radical (unpaired) electrons. The van der Waals surface area contributed by atoms with Crippen LogP contribution in [0.15, 0.2) is 11.4 Å². The van der Waals surface area contributed by atoms with Crippen molar-refractivity contribution in [1.82, 2.24) is 14.8 Å². The number of hydrogen-bond acceptors (Lipinski definition) is 5. The lowest BCUT2D eigenvalue weighted by Gasteiger charge is -2.19. The van der Waals surface area contributed by atoms with Gasteiger partial charge in [0.15, 0.2) is 5.65 Å². The average Bonchev–Trinajstić information content (AvgIpc) is 3.01. The Kier molecular flexibility index (Phi) is 2.94. The number of nitrogens with zero attached hydrogens (tertiary/aromatic N) is 4. The van der Waals surface area contributed by atoms with E-state index in [-0.39, 0.29) is 5.60 Å². The van der Waals surface area contributed by atoms with Gasteiger partial charge in [-0.15, -0.1) is 0 Å². The number of aryl methyl sites for hydroxylation is 2. The van der Waals surface area contributed by atoms with Crippen molar-refractivity contribution < 1.29 is 4.84 Å². The fourth-order valence-corrected chi connectivity index (χ4v) is 4.17. The Morgan fingerprint density at radius 2 is 2.08 bits per heavy atom. The molecule has 6 heteroatoms. The van der Waals surface area contributed by atoms with Gasteiger partial charge in [0.25, 0.3) is 0 Å². The number of rotatable bonds is 3. The first-order valence-electron chi connectivity index (χ1n) is 8.99. The fourth-order valence-electron chi connectivity index (χ4n) is 4.17. The Balaban J connectivity index is 1.61. The van der Waals surface area contributed by atoms with Crippen molar-refractivity contribution in [3.63, 3.8) is 0 Å². The van der Waals surface area contributed by atoms with Crippen molar-refractivity contribution in [2.24, 2.45) is 12.2 Å². The number of nitrogens with one attached hydrogen (secondary N) is 1. The zero-order valence-corrected chi connectivity index (χ0v) is 14.3. The molecular formula is C18H23N5O. The van der Waals surface area contributed by atoms with Crippen LogP contribution >= 0.6 is 0 Å². The smallest absolute Gasteiger partial charge is 0.159 e. The highest BCUT2D eigenvalue weighted by Crippen LogP contribution is 2.43. The number of pyridine rings is 1. The molecule has 0 saturated heterocycles. The van der Waals surface area contributed by atoms with E-state index in [1.165, 1.54) is 25.7 Å². The maximum atomic E-state index is 5.90. The highest BCUT2D eigenvalue weighted by atomic mass is 16.7. The first-order valence-corrected chi connectivity index (χ1v) is 8.99. The summed E-state index contributed by atoms with van der Waals surface area (Å²) >= 11 is 0. The zero-order chi connectivity index (χ0) is 16.3. The Morgan fingerprint density at radius 3 is 2.83 bits per heavy atom. The molecule has 24 heavy (non-hydrogen) atoms. The minimum Gasteiger partial charge on any atom is -0.389 e. The van der Waals surface area contributed by atoms with Crippen LogP contribution in [-0.2, 0) is 11.9 Å². The molecule has 3 heterocycles. The summed E-state index contributed by atoms with van der Waals surface area (Å²) in [6.45, 7) is 2.05. The van der Waals surface area contributed by atoms with Crippen molar-refractivity contribution in [2.45, 2.75) is 63.5 Å². The van der Waals surface area contributed by atoms with E-state index in [0.29, 0.717) is 6.04 Å². The predicted octanol–water partition coefficient (Wildman–Crippen LogP) is 3.29. The fraction of sp³-hybridized carbons (Fsp3) is 0.611. The van der Waals surface area contributed by atoms with E-state index in [4.69, 9.17) is 4.84 Å². The minimum atomic E-state index is -0.0505. The molecule has 1 aliphatic heterocycles. The van der Waals surface area contributed by atoms with Crippen LogP contribution in [0.1, 0.15) is 56.2 Å². The summed E-state index contributed by atoms with van der Waals surface area (Å²) in [5.41, 5.74) is 5.16. The molecule has 1 N–H and O–H groups in total. The third-order valence-electron chi connectivity index (χ3n) is 5.62. The van der Waals surface area contributed by atoms with E-state index in [2.05, 4.69) is 27.5 Å². The van der Waals surface area contributed by atoms with E-state index in [1.54, 1.807) is 0 Å². The summed E-state index contributed by atoms with van der Waals surface area (Å²) in [4.78, 5) is 10.6. The van der Waals surface area contributed by atoms with E-state index in [1.807, 2.05) is 17.9 Å². The topological polar surface area (TPSA) is 64.3 Å². The normalized spacial score (nSPS) is 22.2. The number of anilines is 1. The lowest BCUT2D eigenvalue weighted by Crippen LogP contribution is -2.24. The highest BCUT2D eigenvalue weighted by molar-refractivity contribution is 6.11. The van der Waals surface area contributed by atoms with Gasteiger partial charge in [0.2, 0.25) is 0 Å². The summed E-state index contributed by atoms with van der Waals surface area (Å²) in [5.74, 6) is 0. The molecule has 5 rings (SSSR count). The molecule has 2 fully saturated rings. The third-order valence-corrected chi connectivity index (χ3v) is 5.62. The molecule has 0 aromatic carbocycles. The second-order valence-electron chi connectivity index (χ2n) is 7.57. The molecule has 0 bridgehead atoms. The zero-order valence-electron chi connectivity index (χ0n) is 14.3. The minimum absolute atomic E-state index is 0.0505. The lowest BCUT2D eigenvalue weighted by atomic mass is 9.92. The van der Waals surface area contributed by atoms with Crippen LogP contribution in [0, 0.1) is 6.92 Å². The Morgan fingerprint density at radius 1 is 1.29 bits per heavy atom. The molecule has 2 aromatic heterocycles. The molecule has 1 spiro atoms.